The Balaban J connectivity index is 1.29. The van der Waals surface area contributed by atoms with Crippen molar-refractivity contribution < 1.29 is 14.4 Å². The van der Waals surface area contributed by atoms with Gasteiger partial charge in [0.05, 0.1) is 17.9 Å². The number of likely N-dealkylation sites (tertiary alicyclic amines) is 2. The second-order valence-electron chi connectivity index (χ2n) is 8.15. The van der Waals surface area contributed by atoms with Crippen LogP contribution in [0.15, 0.2) is 17.5 Å². The molecule has 0 unspecified atom stereocenters. The molecule has 6 nitrogen and oxygen atoms in total. The highest BCUT2D eigenvalue weighted by atomic mass is 32.1. The van der Waals surface area contributed by atoms with Gasteiger partial charge in [-0.1, -0.05) is 18.9 Å². The van der Waals surface area contributed by atoms with Crippen molar-refractivity contribution in [2.24, 2.45) is 11.8 Å². The van der Waals surface area contributed by atoms with Gasteiger partial charge in [-0.05, 0) is 50.2 Å². The van der Waals surface area contributed by atoms with Crippen LogP contribution in [0.1, 0.15) is 55.9 Å². The number of rotatable bonds is 7. The van der Waals surface area contributed by atoms with Crippen molar-refractivity contribution in [1.29, 1.82) is 0 Å². The van der Waals surface area contributed by atoms with Crippen molar-refractivity contribution in [2.45, 2.75) is 51.0 Å². The third kappa shape index (κ3) is 4.01. The summed E-state index contributed by atoms with van der Waals surface area (Å²) in [5, 5.41) is 5.11. The standard InChI is InChI=1S/C21H29N3O3S/c25-19(9-12-24-20(26)15-6-1-2-7-16(15)21(24)27)22-14-17(18-8-5-13-28-18)23-10-3-4-11-23/h5,8,13,15-17H,1-4,6-7,9-12,14H2,(H,22,25)/t15-,16-,17+/m0/s1. The molecule has 3 amide bonds. The largest absolute Gasteiger partial charge is 0.354 e. The van der Waals surface area contributed by atoms with Crippen LogP contribution in [0.4, 0.5) is 0 Å². The monoisotopic (exact) mass is 403 g/mol. The zero-order valence-electron chi connectivity index (χ0n) is 16.3. The molecule has 1 aliphatic carbocycles. The van der Waals surface area contributed by atoms with Gasteiger partial charge in [-0.25, -0.2) is 0 Å². The molecule has 1 N–H and O–H groups in total. The summed E-state index contributed by atoms with van der Waals surface area (Å²) in [7, 11) is 0. The van der Waals surface area contributed by atoms with Crippen LogP contribution in [0.3, 0.4) is 0 Å². The average molecular weight is 404 g/mol. The number of amides is 3. The third-order valence-electron chi connectivity index (χ3n) is 6.44. The summed E-state index contributed by atoms with van der Waals surface area (Å²) in [6.07, 6.45) is 6.28. The van der Waals surface area contributed by atoms with Gasteiger partial charge in [0.2, 0.25) is 17.7 Å². The molecule has 1 saturated carbocycles. The van der Waals surface area contributed by atoms with Crippen LogP contribution in [0.2, 0.25) is 0 Å². The number of hydrogen-bond acceptors (Lipinski definition) is 5. The number of hydrogen-bond donors (Lipinski definition) is 1. The van der Waals surface area contributed by atoms with Gasteiger partial charge in [-0.2, -0.15) is 0 Å². The Labute approximate surface area is 170 Å². The van der Waals surface area contributed by atoms with Gasteiger partial charge in [-0.15, -0.1) is 11.3 Å². The summed E-state index contributed by atoms with van der Waals surface area (Å²) < 4.78 is 0. The minimum absolute atomic E-state index is 0.0592. The van der Waals surface area contributed by atoms with Gasteiger partial charge in [0.1, 0.15) is 0 Å². The van der Waals surface area contributed by atoms with E-state index in [1.54, 1.807) is 11.3 Å². The molecular formula is C21H29N3O3S. The zero-order chi connectivity index (χ0) is 19.5. The van der Waals surface area contributed by atoms with Crippen molar-refractivity contribution in [2.75, 3.05) is 26.2 Å². The van der Waals surface area contributed by atoms with E-state index in [0.29, 0.717) is 6.54 Å². The van der Waals surface area contributed by atoms with Crippen LogP contribution in [-0.2, 0) is 14.4 Å². The van der Waals surface area contributed by atoms with Crippen LogP contribution in [0.5, 0.6) is 0 Å². The van der Waals surface area contributed by atoms with Gasteiger partial charge in [0, 0.05) is 24.4 Å². The maximum Gasteiger partial charge on any atom is 0.233 e. The third-order valence-corrected chi connectivity index (χ3v) is 7.41. The first-order chi connectivity index (χ1) is 13.6. The lowest BCUT2D eigenvalue weighted by Gasteiger charge is -2.27. The number of nitrogens with one attached hydrogen (secondary N) is 1. The molecule has 0 spiro atoms. The average Bonchev–Trinajstić information content (AvgIpc) is 3.45. The van der Waals surface area contributed by atoms with Crippen molar-refractivity contribution in [1.82, 2.24) is 15.1 Å². The number of thiophene rings is 1. The molecule has 3 atom stereocenters. The number of fused-ring (bicyclic) bond motifs is 1. The smallest absolute Gasteiger partial charge is 0.233 e. The second kappa shape index (κ2) is 8.74. The highest BCUT2D eigenvalue weighted by Crippen LogP contribution is 2.38. The second-order valence-corrected chi connectivity index (χ2v) is 9.13. The Morgan fingerprint density at radius 1 is 1.11 bits per heavy atom. The first-order valence-electron chi connectivity index (χ1n) is 10.5. The number of imide groups is 1. The van der Waals surface area contributed by atoms with E-state index in [4.69, 9.17) is 0 Å². The predicted molar refractivity (Wildman–Crippen MR) is 108 cm³/mol. The van der Waals surface area contributed by atoms with Gasteiger partial charge in [0.15, 0.2) is 0 Å². The normalized spacial score (nSPS) is 26.5. The molecule has 0 radical (unpaired) electrons. The summed E-state index contributed by atoms with van der Waals surface area (Å²) in [5.74, 6) is -0.478. The van der Waals surface area contributed by atoms with Crippen LogP contribution in [0.25, 0.3) is 0 Å². The van der Waals surface area contributed by atoms with Gasteiger partial charge < -0.3 is 5.32 Å². The minimum atomic E-state index is -0.136. The van der Waals surface area contributed by atoms with Gasteiger partial charge in [0.25, 0.3) is 0 Å². The first-order valence-corrected chi connectivity index (χ1v) is 11.4. The molecule has 1 aromatic heterocycles. The molecule has 152 valence electrons. The lowest BCUT2D eigenvalue weighted by Crippen LogP contribution is -2.39. The number of carbonyl (C=O) groups excluding carboxylic acids is 3. The van der Waals surface area contributed by atoms with E-state index in [9.17, 15) is 14.4 Å². The van der Waals surface area contributed by atoms with E-state index >= 15 is 0 Å². The van der Waals surface area contributed by atoms with Crippen LogP contribution in [0, 0.1) is 11.8 Å². The summed E-state index contributed by atoms with van der Waals surface area (Å²) >= 11 is 1.72. The molecular weight excluding hydrogens is 374 g/mol. The summed E-state index contributed by atoms with van der Waals surface area (Å²) in [6, 6.07) is 4.39. The van der Waals surface area contributed by atoms with Crippen molar-refractivity contribution in [3.8, 4) is 0 Å². The lowest BCUT2D eigenvalue weighted by atomic mass is 9.81. The lowest BCUT2D eigenvalue weighted by molar-refractivity contribution is -0.140. The number of nitrogens with zero attached hydrogens (tertiary/aromatic N) is 2. The van der Waals surface area contributed by atoms with Gasteiger partial charge in [-0.3, -0.25) is 24.2 Å². The van der Waals surface area contributed by atoms with Crippen molar-refractivity contribution in [3.05, 3.63) is 22.4 Å². The molecule has 4 rings (SSSR count). The fourth-order valence-electron chi connectivity index (χ4n) is 4.91. The Morgan fingerprint density at radius 3 is 2.39 bits per heavy atom. The van der Waals surface area contributed by atoms with E-state index in [1.165, 1.54) is 22.6 Å². The van der Waals surface area contributed by atoms with Crippen LogP contribution >= 0.6 is 11.3 Å². The topological polar surface area (TPSA) is 69.7 Å². The fourth-order valence-corrected chi connectivity index (χ4v) is 5.77. The summed E-state index contributed by atoms with van der Waals surface area (Å²) in [5.41, 5.74) is 0. The molecule has 2 aliphatic heterocycles. The molecule has 7 heteroatoms. The van der Waals surface area contributed by atoms with E-state index in [1.807, 2.05) is 0 Å². The minimum Gasteiger partial charge on any atom is -0.354 e. The van der Waals surface area contributed by atoms with Gasteiger partial charge >= 0.3 is 0 Å². The fraction of sp³-hybridized carbons (Fsp3) is 0.667. The van der Waals surface area contributed by atoms with E-state index < -0.39 is 0 Å². The molecule has 0 aromatic carbocycles. The van der Waals surface area contributed by atoms with E-state index in [2.05, 4.69) is 27.7 Å². The molecule has 3 aliphatic rings. The van der Waals surface area contributed by atoms with Crippen LogP contribution < -0.4 is 5.32 Å². The molecule has 0 bridgehead atoms. The molecule has 3 fully saturated rings. The molecule has 1 aromatic rings. The summed E-state index contributed by atoms with van der Waals surface area (Å²) in [4.78, 5) is 42.5. The Hall–Kier alpha value is -1.73. The predicted octanol–water partition coefficient (Wildman–Crippen LogP) is 2.57. The Bertz CT molecular complexity index is 690. The zero-order valence-corrected chi connectivity index (χ0v) is 17.1. The Morgan fingerprint density at radius 2 is 1.79 bits per heavy atom. The Kier molecular flexibility index (Phi) is 6.11. The highest BCUT2D eigenvalue weighted by Gasteiger charge is 2.47. The summed E-state index contributed by atoms with van der Waals surface area (Å²) in [6.45, 7) is 2.92. The van der Waals surface area contributed by atoms with Crippen LogP contribution in [-0.4, -0.2) is 53.7 Å². The maximum absolute atomic E-state index is 12.5. The molecule has 3 heterocycles. The van der Waals surface area contributed by atoms with E-state index in [0.717, 1.165) is 38.8 Å². The first kappa shape index (κ1) is 19.6. The van der Waals surface area contributed by atoms with E-state index in [-0.39, 0.29) is 48.6 Å². The molecule has 28 heavy (non-hydrogen) atoms. The SMILES string of the molecule is O=C(CCN1C(=O)[C@H]2CCCC[C@@H]2C1=O)NC[C@H](c1cccs1)N1CCCC1. The quantitative estimate of drug-likeness (QED) is 0.711. The maximum atomic E-state index is 12.5. The highest BCUT2D eigenvalue weighted by molar-refractivity contribution is 7.10. The van der Waals surface area contributed by atoms with Crippen molar-refractivity contribution >= 4 is 29.1 Å². The molecule has 2 saturated heterocycles. The number of carbonyl (C=O) groups is 3. The van der Waals surface area contributed by atoms with Crippen molar-refractivity contribution in [3.63, 3.8) is 0 Å².